The molecule has 3 aromatic heterocycles. The lowest BCUT2D eigenvalue weighted by atomic mass is 10.4. The number of rotatable bonds is 1. The molecular formula is C9H7ClN6. The number of hydrogen-bond donors (Lipinski definition) is 0. The summed E-state index contributed by atoms with van der Waals surface area (Å²) >= 11 is 6.05. The van der Waals surface area contributed by atoms with Gasteiger partial charge in [0.05, 0.1) is 18.7 Å². The fraction of sp³-hybridized carbons (Fsp3) is 0.111. The van der Waals surface area contributed by atoms with Crippen LogP contribution in [-0.4, -0.2) is 29.1 Å². The maximum Gasteiger partial charge on any atom is 0.189 e. The highest BCUT2D eigenvalue weighted by Crippen LogP contribution is 2.19. The highest BCUT2D eigenvalue weighted by atomic mass is 35.5. The molecule has 0 aliphatic rings. The number of aromatic nitrogens is 6. The van der Waals surface area contributed by atoms with Crippen LogP contribution < -0.4 is 0 Å². The van der Waals surface area contributed by atoms with Crippen molar-refractivity contribution in [3.8, 4) is 11.5 Å². The largest absolute Gasteiger partial charge is 0.340 e. The zero-order valence-electron chi connectivity index (χ0n) is 8.37. The first-order valence-corrected chi connectivity index (χ1v) is 4.96. The number of imidazole rings is 1. The summed E-state index contributed by atoms with van der Waals surface area (Å²) in [6, 6.07) is 0. The molecule has 0 aliphatic carbocycles. The van der Waals surface area contributed by atoms with E-state index in [4.69, 9.17) is 11.6 Å². The molecule has 3 aromatic rings. The van der Waals surface area contributed by atoms with Crippen LogP contribution in [0.2, 0.25) is 5.15 Å². The summed E-state index contributed by atoms with van der Waals surface area (Å²) in [5.74, 6) is 0.614. The maximum atomic E-state index is 6.05. The molecule has 16 heavy (non-hydrogen) atoms. The maximum absolute atomic E-state index is 6.05. The van der Waals surface area contributed by atoms with Gasteiger partial charge in [-0.1, -0.05) is 11.6 Å². The third-order valence-electron chi connectivity index (χ3n) is 2.21. The lowest BCUT2D eigenvalue weighted by Gasteiger charge is -1.97. The van der Waals surface area contributed by atoms with E-state index in [0.717, 1.165) is 5.69 Å². The predicted molar refractivity (Wildman–Crippen MR) is 58.0 cm³/mol. The van der Waals surface area contributed by atoms with Gasteiger partial charge in [-0.15, -0.1) is 10.2 Å². The van der Waals surface area contributed by atoms with E-state index in [1.54, 1.807) is 23.1 Å². The van der Waals surface area contributed by atoms with Gasteiger partial charge in [-0.05, 0) is 0 Å². The fourth-order valence-corrected chi connectivity index (χ4v) is 1.73. The second kappa shape index (κ2) is 3.28. The number of halogens is 1. The highest BCUT2D eigenvalue weighted by molar-refractivity contribution is 6.29. The van der Waals surface area contributed by atoms with Crippen molar-refractivity contribution in [2.75, 3.05) is 0 Å². The van der Waals surface area contributed by atoms with Crippen molar-refractivity contribution in [2.45, 2.75) is 0 Å². The van der Waals surface area contributed by atoms with Crippen molar-refractivity contribution in [1.82, 2.24) is 29.1 Å². The molecule has 0 saturated heterocycles. The van der Waals surface area contributed by atoms with Crippen LogP contribution in [0.3, 0.4) is 0 Å². The number of hydrogen-bond acceptors (Lipinski definition) is 4. The van der Waals surface area contributed by atoms with Gasteiger partial charge in [0.2, 0.25) is 0 Å². The van der Waals surface area contributed by atoms with Gasteiger partial charge in [0.15, 0.2) is 11.5 Å². The van der Waals surface area contributed by atoms with Gasteiger partial charge in [-0.25, -0.2) is 4.98 Å². The van der Waals surface area contributed by atoms with Gasteiger partial charge in [0.25, 0.3) is 0 Å². The van der Waals surface area contributed by atoms with Crippen molar-refractivity contribution in [3.05, 3.63) is 30.1 Å². The Balaban J connectivity index is 2.32. The summed E-state index contributed by atoms with van der Waals surface area (Å²) < 4.78 is 3.54. The summed E-state index contributed by atoms with van der Waals surface area (Å²) in [6.07, 6.45) is 6.70. The molecule has 0 radical (unpaired) electrons. The molecule has 3 heterocycles. The Hall–Kier alpha value is -1.95. The van der Waals surface area contributed by atoms with E-state index in [2.05, 4.69) is 20.2 Å². The van der Waals surface area contributed by atoms with E-state index < -0.39 is 0 Å². The van der Waals surface area contributed by atoms with Crippen LogP contribution in [0.1, 0.15) is 0 Å². The molecule has 7 heteroatoms. The average molecular weight is 235 g/mol. The molecule has 6 nitrogen and oxygen atoms in total. The second-order valence-electron chi connectivity index (χ2n) is 3.37. The molecule has 0 bridgehead atoms. The lowest BCUT2D eigenvalue weighted by Crippen LogP contribution is -1.92. The van der Waals surface area contributed by atoms with Gasteiger partial charge in [0.1, 0.15) is 10.8 Å². The molecule has 0 fully saturated rings. The van der Waals surface area contributed by atoms with Gasteiger partial charge in [0, 0.05) is 13.2 Å². The van der Waals surface area contributed by atoms with E-state index in [9.17, 15) is 0 Å². The molecule has 0 saturated carbocycles. The molecular weight excluding hydrogens is 228 g/mol. The molecule has 0 amide bonds. The topological polar surface area (TPSA) is 60.9 Å². The van der Waals surface area contributed by atoms with E-state index >= 15 is 0 Å². The Labute approximate surface area is 95.5 Å². The van der Waals surface area contributed by atoms with Crippen LogP contribution in [0.15, 0.2) is 24.9 Å². The smallest absolute Gasteiger partial charge is 0.189 e. The molecule has 0 aliphatic heterocycles. The monoisotopic (exact) mass is 234 g/mol. The summed E-state index contributed by atoms with van der Waals surface area (Å²) in [6.45, 7) is 0. The zero-order valence-corrected chi connectivity index (χ0v) is 9.13. The quantitative estimate of drug-likeness (QED) is 0.634. The Bertz CT molecular complexity index is 655. The minimum atomic E-state index is 0.461. The minimum Gasteiger partial charge on any atom is -0.340 e. The van der Waals surface area contributed by atoms with Crippen molar-refractivity contribution in [1.29, 1.82) is 0 Å². The number of aryl methyl sites for hydroxylation is 1. The van der Waals surface area contributed by atoms with E-state index in [1.165, 1.54) is 0 Å². The van der Waals surface area contributed by atoms with E-state index in [0.29, 0.717) is 16.6 Å². The first-order chi connectivity index (χ1) is 7.75. The molecule has 80 valence electrons. The van der Waals surface area contributed by atoms with Crippen LogP contribution in [0, 0.1) is 0 Å². The Kier molecular flexibility index (Phi) is 1.90. The van der Waals surface area contributed by atoms with Crippen LogP contribution in [0.25, 0.3) is 17.2 Å². The Morgan fingerprint density at radius 2 is 2.12 bits per heavy atom. The lowest BCUT2D eigenvalue weighted by molar-refractivity contribution is 0.913. The number of fused-ring (bicyclic) bond motifs is 1. The standard InChI is InChI=1S/C9H7ClN6/c1-15-4-6(12-5-15)9-14-13-8-3-11-2-7(10)16(8)9/h2-5H,1H3. The molecule has 0 atom stereocenters. The first kappa shape index (κ1) is 9.29. The van der Waals surface area contributed by atoms with Crippen molar-refractivity contribution >= 4 is 17.2 Å². The molecule has 0 N–H and O–H groups in total. The van der Waals surface area contributed by atoms with Crippen LogP contribution in [0.5, 0.6) is 0 Å². The van der Waals surface area contributed by atoms with Crippen LogP contribution in [0.4, 0.5) is 0 Å². The summed E-state index contributed by atoms with van der Waals surface area (Å²) in [5.41, 5.74) is 1.33. The summed E-state index contributed by atoms with van der Waals surface area (Å²) in [4.78, 5) is 8.15. The average Bonchev–Trinajstić information content (AvgIpc) is 2.84. The van der Waals surface area contributed by atoms with Gasteiger partial charge in [-0.3, -0.25) is 9.38 Å². The Morgan fingerprint density at radius 3 is 2.88 bits per heavy atom. The summed E-state index contributed by atoms with van der Waals surface area (Å²) in [7, 11) is 1.89. The molecule has 0 unspecified atom stereocenters. The minimum absolute atomic E-state index is 0.461. The van der Waals surface area contributed by atoms with Crippen molar-refractivity contribution in [2.24, 2.45) is 7.05 Å². The summed E-state index contributed by atoms with van der Waals surface area (Å²) in [5, 5.41) is 8.50. The normalized spacial score (nSPS) is 11.1. The van der Waals surface area contributed by atoms with Crippen LogP contribution in [-0.2, 0) is 7.05 Å². The fourth-order valence-electron chi connectivity index (χ4n) is 1.51. The van der Waals surface area contributed by atoms with Gasteiger partial charge in [-0.2, -0.15) is 0 Å². The highest BCUT2D eigenvalue weighted by Gasteiger charge is 2.12. The molecule has 3 rings (SSSR count). The third-order valence-corrected chi connectivity index (χ3v) is 2.47. The van der Waals surface area contributed by atoms with E-state index in [1.807, 2.05) is 17.8 Å². The predicted octanol–water partition coefficient (Wildman–Crippen LogP) is 1.18. The van der Waals surface area contributed by atoms with Crippen molar-refractivity contribution in [3.63, 3.8) is 0 Å². The molecule has 0 aromatic carbocycles. The van der Waals surface area contributed by atoms with Gasteiger partial charge >= 0.3 is 0 Å². The van der Waals surface area contributed by atoms with Crippen molar-refractivity contribution < 1.29 is 0 Å². The number of nitrogens with zero attached hydrogens (tertiary/aromatic N) is 6. The van der Waals surface area contributed by atoms with Crippen LogP contribution >= 0.6 is 11.6 Å². The van der Waals surface area contributed by atoms with E-state index in [-0.39, 0.29) is 0 Å². The van der Waals surface area contributed by atoms with Gasteiger partial charge < -0.3 is 4.57 Å². The first-order valence-electron chi connectivity index (χ1n) is 4.58. The third kappa shape index (κ3) is 1.27. The SMILES string of the molecule is Cn1cnc(-c2nnc3cncc(Cl)n23)c1. The second-order valence-corrected chi connectivity index (χ2v) is 3.76. The molecule has 0 spiro atoms. The zero-order chi connectivity index (χ0) is 11.1. The Morgan fingerprint density at radius 1 is 1.25 bits per heavy atom.